The number of Topliss-reactive ketones (excluding diaryl/α,β-unsaturated/α-hetero) is 1. The lowest BCUT2D eigenvalue weighted by Crippen LogP contribution is -2.26. The highest BCUT2D eigenvalue weighted by Gasteiger charge is 2.20. The molecule has 0 spiro atoms. The smallest absolute Gasteiger partial charge is 0.244 e. The molecule has 0 bridgehead atoms. The second-order valence-electron chi connectivity index (χ2n) is 5.00. The van der Waals surface area contributed by atoms with Crippen LogP contribution in [0.25, 0.3) is 0 Å². The molecule has 1 aromatic carbocycles. The first-order chi connectivity index (χ1) is 9.27. The van der Waals surface area contributed by atoms with Gasteiger partial charge in [-0.3, -0.25) is 4.79 Å². The van der Waals surface area contributed by atoms with Crippen molar-refractivity contribution in [1.29, 1.82) is 0 Å². The molecule has 6 heteroatoms. The number of nitrogens with one attached hydrogen (secondary N) is 1. The lowest BCUT2D eigenvalue weighted by molar-refractivity contribution is 0.101. The minimum absolute atomic E-state index is 0.00328. The van der Waals surface area contributed by atoms with Crippen LogP contribution in [-0.2, 0) is 10.0 Å². The fourth-order valence-electron chi connectivity index (χ4n) is 1.67. The zero-order valence-electron chi connectivity index (χ0n) is 12.3. The van der Waals surface area contributed by atoms with Crippen molar-refractivity contribution in [3.05, 3.63) is 23.8 Å². The zero-order valence-corrected chi connectivity index (χ0v) is 13.1. The molecule has 1 rings (SSSR count). The molecule has 1 aromatic rings. The van der Waals surface area contributed by atoms with Crippen LogP contribution in [0.4, 0.5) is 0 Å². The van der Waals surface area contributed by atoms with Crippen LogP contribution >= 0.6 is 0 Å². The first-order valence-corrected chi connectivity index (χ1v) is 7.95. The molecule has 0 fully saturated rings. The molecular weight excluding hydrogens is 278 g/mol. The summed E-state index contributed by atoms with van der Waals surface area (Å²) in [5.74, 6) is 0.446. The van der Waals surface area contributed by atoms with Gasteiger partial charge in [0.05, 0.1) is 7.11 Å². The van der Waals surface area contributed by atoms with Gasteiger partial charge in [-0.15, -0.1) is 0 Å². The molecule has 0 saturated heterocycles. The summed E-state index contributed by atoms with van der Waals surface area (Å²) in [6.07, 6.45) is 0.744. The van der Waals surface area contributed by atoms with Crippen LogP contribution in [0.5, 0.6) is 5.75 Å². The number of hydrogen-bond donors (Lipinski definition) is 1. The van der Waals surface area contributed by atoms with Crippen LogP contribution in [0.2, 0.25) is 0 Å². The molecule has 0 aliphatic rings. The highest BCUT2D eigenvalue weighted by atomic mass is 32.2. The van der Waals surface area contributed by atoms with E-state index in [4.69, 9.17) is 4.74 Å². The van der Waals surface area contributed by atoms with E-state index in [1.54, 1.807) is 6.07 Å². The Bertz CT molecular complexity index is 579. The quantitative estimate of drug-likeness (QED) is 0.784. The number of ketones is 1. The molecule has 0 aliphatic heterocycles. The van der Waals surface area contributed by atoms with Gasteiger partial charge in [-0.2, -0.15) is 0 Å². The average Bonchev–Trinajstić information content (AvgIpc) is 2.37. The first-order valence-electron chi connectivity index (χ1n) is 6.46. The summed E-state index contributed by atoms with van der Waals surface area (Å²) in [5.41, 5.74) is 0.343. The fraction of sp³-hybridized carbons (Fsp3) is 0.500. The number of carbonyl (C=O) groups excluding carboxylic acids is 1. The van der Waals surface area contributed by atoms with Crippen molar-refractivity contribution in [2.75, 3.05) is 13.7 Å². The number of hydrogen-bond acceptors (Lipinski definition) is 4. The van der Waals surface area contributed by atoms with Crippen LogP contribution < -0.4 is 9.46 Å². The molecule has 0 heterocycles. The number of methoxy groups -OCH3 is 1. The van der Waals surface area contributed by atoms with Gasteiger partial charge in [0.25, 0.3) is 0 Å². The van der Waals surface area contributed by atoms with Crippen molar-refractivity contribution in [2.24, 2.45) is 5.92 Å². The van der Waals surface area contributed by atoms with Crippen LogP contribution in [0.15, 0.2) is 23.1 Å². The summed E-state index contributed by atoms with van der Waals surface area (Å²) >= 11 is 0. The SMILES string of the molecule is COc1ccc(C(C)=O)cc1S(=O)(=O)NCCC(C)C. The standard InChI is InChI=1S/C14H21NO4S/c1-10(2)7-8-15-20(17,18)14-9-12(11(3)16)5-6-13(14)19-4/h5-6,9-10,15H,7-8H2,1-4H3. The van der Waals surface area contributed by atoms with E-state index < -0.39 is 10.0 Å². The van der Waals surface area contributed by atoms with Gasteiger partial charge in [-0.05, 0) is 37.5 Å². The molecule has 0 amide bonds. The summed E-state index contributed by atoms with van der Waals surface area (Å²) in [6.45, 7) is 5.79. The van der Waals surface area contributed by atoms with E-state index in [1.807, 2.05) is 13.8 Å². The van der Waals surface area contributed by atoms with E-state index in [0.717, 1.165) is 6.42 Å². The molecule has 0 unspecified atom stereocenters. The Balaban J connectivity index is 3.08. The summed E-state index contributed by atoms with van der Waals surface area (Å²) in [7, 11) is -2.28. The topological polar surface area (TPSA) is 72.5 Å². The molecule has 1 N–H and O–H groups in total. The lowest BCUT2D eigenvalue weighted by Gasteiger charge is -2.12. The predicted molar refractivity (Wildman–Crippen MR) is 77.6 cm³/mol. The van der Waals surface area contributed by atoms with Gasteiger partial charge in [-0.25, -0.2) is 13.1 Å². The maximum atomic E-state index is 12.3. The fourth-order valence-corrected chi connectivity index (χ4v) is 2.91. The first kappa shape index (κ1) is 16.7. The third-order valence-corrected chi connectivity index (χ3v) is 4.36. The predicted octanol–water partition coefficient (Wildman–Crippen LogP) is 2.22. The van der Waals surface area contributed by atoms with Gasteiger partial charge in [0.2, 0.25) is 10.0 Å². The monoisotopic (exact) mass is 299 g/mol. The van der Waals surface area contributed by atoms with Crippen molar-refractivity contribution >= 4 is 15.8 Å². The molecule has 0 atom stereocenters. The van der Waals surface area contributed by atoms with E-state index >= 15 is 0 Å². The number of benzene rings is 1. The van der Waals surface area contributed by atoms with E-state index in [1.165, 1.54) is 26.2 Å². The van der Waals surface area contributed by atoms with E-state index in [-0.39, 0.29) is 16.4 Å². The van der Waals surface area contributed by atoms with Crippen molar-refractivity contribution in [1.82, 2.24) is 4.72 Å². The third kappa shape index (κ3) is 4.31. The maximum absolute atomic E-state index is 12.3. The third-order valence-electron chi connectivity index (χ3n) is 2.87. The average molecular weight is 299 g/mol. The number of carbonyl (C=O) groups is 1. The number of sulfonamides is 1. The van der Waals surface area contributed by atoms with Gasteiger partial charge in [0.15, 0.2) is 5.78 Å². The Morgan fingerprint density at radius 3 is 2.50 bits per heavy atom. The Kier molecular flexibility index (Phi) is 5.71. The molecule has 0 aliphatic carbocycles. The summed E-state index contributed by atoms with van der Waals surface area (Å²) in [5, 5.41) is 0. The van der Waals surface area contributed by atoms with Gasteiger partial charge in [0, 0.05) is 12.1 Å². The van der Waals surface area contributed by atoms with Gasteiger partial charge in [0.1, 0.15) is 10.6 Å². The number of ether oxygens (including phenoxy) is 1. The molecular formula is C14H21NO4S. The lowest BCUT2D eigenvalue weighted by atomic mass is 10.1. The Morgan fingerprint density at radius 2 is 2.00 bits per heavy atom. The molecule has 0 saturated carbocycles. The number of rotatable bonds is 7. The van der Waals surface area contributed by atoms with E-state index in [9.17, 15) is 13.2 Å². The van der Waals surface area contributed by atoms with Crippen molar-refractivity contribution < 1.29 is 17.9 Å². The van der Waals surface area contributed by atoms with Gasteiger partial charge < -0.3 is 4.74 Å². The van der Waals surface area contributed by atoms with Crippen molar-refractivity contribution in [2.45, 2.75) is 32.1 Å². The minimum Gasteiger partial charge on any atom is -0.495 e. The summed E-state index contributed by atoms with van der Waals surface area (Å²) < 4.78 is 32.1. The molecule has 20 heavy (non-hydrogen) atoms. The minimum atomic E-state index is -3.68. The van der Waals surface area contributed by atoms with Gasteiger partial charge in [-0.1, -0.05) is 13.8 Å². The molecule has 5 nitrogen and oxygen atoms in total. The largest absolute Gasteiger partial charge is 0.495 e. The molecule has 112 valence electrons. The Labute approximate surface area is 120 Å². The summed E-state index contributed by atoms with van der Waals surface area (Å²) in [6, 6.07) is 4.39. The van der Waals surface area contributed by atoms with Crippen molar-refractivity contribution in [3.8, 4) is 5.75 Å². The van der Waals surface area contributed by atoms with Gasteiger partial charge >= 0.3 is 0 Å². The Morgan fingerprint density at radius 1 is 1.35 bits per heavy atom. The normalized spacial score (nSPS) is 11.7. The molecule has 0 aromatic heterocycles. The molecule has 0 radical (unpaired) electrons. The summed E-state index contributed by atoms with van der Waals surface area (Å²) in [4.78, 5) is 11.4. The van der Waals surface area contributed by atoms with E-state index in [2.05, 4.69) is 4.72 Å². The highest BCUT2D eigenvalue weighted by molar-refractivity contribution is 7.89. The zero-order chi connectivity index (χ0) is 15.3. The van der Waals surface area contributed by atoms with Crippen LogP contribution in [-0.4, -0.2) is 27.9 Å². The second-order valence-corrected chi connectivity index (χ2v) is 6.74. The van der Waals surface area contributed by atoms with Crippen LogP contribution in [0, 0.1) is 5.92 Å². The highest BCUT2D eigenvalue weighted by Crippen LogP contribution is 2.25. The van der Waals surface area contributed by atoms with Crippen molar-refractivity contribution in [3.63, 3.8) is 0 Å². The van der Waals surface area contributed by atoms with Crippen LogP contribution in [0.3, 0.4) is 0 Å². The van der Waals surface area contributed by atoms with E-state index in [0.29, 0.717) is 18.0 Å². The maximum Gasteiger partial charge on any atom is 0.244 e. The second kappa shape index (κ2) is 6.85. The van der Waals surface area contributed by atoms with Crippen LogP contribution in [0.1, 0.15) is 37.6 Å². The Hall–Kier alpha value is -1.40.